The van der Waals surface area contributed by atoms with Gasteiger partial charge in [0.1, 0.15) is 11.9 Å². The lowest BCUT2D eigenvalue weighted by molar-refractivity contribution is -0.147. The number of ether oxygens (including phenoxy) is 1. The van der Waals surface area contributed by atoms with Crippen molar-refractivity contribution in [3.63, 3.8) is 0 Å². The molecule has 1 aliphatic carbocycles. The highest BCUT2D eigenvalue weighted by Crippen LogP contribution is 2.25. The minimum Gasteiger partial charge on any atom is -0.462 e. The van der Waals surface area contributed by atoms with Crippen LogP contribution in [-0.4, -0.2) is 43.7 Å². The molecule has 0 aliphatic heterocycles. The molecule has 0 bridgehead atoms. The van der Waals surface area contributed by atoms with Gasteiger partial charge in [-0.3, -0.25) is 4.79 Å². The lowest BCUT2D eigenvalue weighted by atomic mass is 9.89. The van der Waals surface area contributed by atoms with E-state index in [0.717, 1.165) is 25.7 Å². The molecule has 0 atom stereocenters. The Balaban J connectivity index is 2.33. The van der Waals surface area contributed by atoms with Gasteiger partial charge in [0.15, 0.2) is 9.84 Å². The maximum absolute atomic E-state index is 11.5. The van der Waals surface area contributed by atoms with Crippen molar-refractivity contribution in [3.05, 3.63) is 0 Å². The van der Waals surface area contributed by atoms with Crippen LogP contribution in [0.25, 0.3) is 0 Å². The standard InChI is InChI=1S/C12H22O5S/c1-10-3-5-11(6-4-10)17-12(14)9-18(15,16)8-2-7-13/h10-11,13H,2-9H2,1H3. The Kier molecular flexibility index (Phi) is 6.08. The normalized spacial score (nSPS) is 24.8. The van der Waals surface area contributed by atoms with Crippen LogP contribution in [0.3, 0.4) is 0 Å². The van der Waals surface area contributed by atoms with Gasteiger partial charge in [0.25, 0.3) is 0 Å². The molecule has 1 N–H and O–H groups in total. The molecule has 0 unspecified atom stereocenters. The molecular weight excluding hydrogens is 256 g/mol. The quantitative estimate of drug-likeness (QED) is 0.730. The summed E-state index contributed by atoms with van der Waals surface area (Å²) in [6.07, 6.45) is 3.73. The molecule has 0 saturated heterocycles. The maximum atomic E-state index is 11.5. The summed E-state index contributed by atoms with van der Waals surface area (Å²) in [5.41, 5.74) is 0. The molecule has 1 rings (SSSR count). The second kappa shape index (κ2) is 7.09. The summed E-state index contributed by atoms with van der Waals surface area (Å²) in [5, 5.41) is 8.57. The highest BCUT2D eigenvalue weighted by Gasteiger charge is 2.24. The average Bonchev–Trinajstić information content (AvgIpc) is 2.29. The van der Waals surface area contributed by atoms with Gasteiger partial charge in [0.05, 0.1) is 5.75 Å². The molecule has 5 nitrogen and oxygen atoms in total. The van der Waals surface area contributed by atoms with E-state index in [0.29, 0.717) is 5.92 Å². The van der Waals surface area contributed by atoms with E-state index in [9.17, 15) is 13.2 Å². The second-order valence-electron chi connectivity index (χ2n) is 5.04. The van der Waals surface area contributed by atoms with Crippen molar-refractivity contribution in [2.45, 2.75) is 45.1 Å². The minimum absolute atomic E-state index is 0.123. The number of carbonyl (C=O) groups is 1. The molecular formula is C12H22O5S. The Hall–Kier alpha value is -0.620. The van der Waals surface area contributed by atoms with Gasteiger partial charge in [-0.2, -0.15) is 0 Å². The predicted octanol–water partition coefficient (Wildman–Crippen LogP) is 0.905. The van der Waals surface area contributed by atoms with E-state index in [1.165, 1.54) is 0 Å². The first-order valence-corrected chi connectivity index (χ1v) is 8.26. The summed E-state index contributed by atoms with van der Waals surface area (Å²) in [4.78, 5) is 11.5. The third-order valence-electron chi connectivity index (χ3n) is 3.21. The van der Waals surface area contributed by atoms with Crippen molar-refractivity contribution < 1.29 is 23.1 Å². The number of esters is 1. The molecule has 6 heteroatoms. The van der Waals surface area contributed by atoms with Gasteiger partial charge in [-0.25, -0.2) is 8.42 Å². The molecule has 1 fully saturated rings. The summed E-state index contributed by atoms with van der Waals surface area (Å²) in [6, 6.07) is 0. The fourth-order valence-electron chi connectivity index (χ4n) is 2.10. The van der Waals surface area contributed by atoms with Crippen molar-refractivity contribution in [3.8, 4) is 0 Å². The smallest absolute Gasteiger partial charge is 0.321 e. The van der Waals surface area contributed by atoms with Gasteiger partial charge in [-0.1, -0.05) is 6.92 Å². The van der Waals surface area contributed by atoms with Crippen LogP contribution in [0.5, 0.6) is 0 Å². The first kappa shape index (κ1) is 15.4. The largest absolute Gasteiger partial charge is 0.462 e. The zero-order chi connectivity index (χ0) is 13.6. The predicted molar refractivity (Wildman–Crippen MR) is 67.9 cm³/mol. The third-order valence-corrected chi connectivity index (χ3v) is 4.80. The van der Waals surface area contributed by atoms with Crippen LogP contribution >= 0.6 is 0 Å². The first-order chi connectivity index (χ1) is 8.43. The summed E-state index contributed by atoms with van der Waals surface area (Å²) in [6.45, 7) is 1.98. The number of aliphatic hydroxyl groups is 1. The van der Waals surface area contributed by atoms with Gasteiger partial charge in [0.2, 0.25) is 0 Å². The lowest BCUT2D eigenvalue weighted by Gasteiger charge is -2.25. The van der Waals surface area contributed by atoms with E-state index in [1.54, 1.807) is 0 Å². The molecule has 0 aromatic carbocycles. The van der Waals surface area contributed by atoms with E-state index in [2.05, 4.69) is 6.92 Å². The summed E-state index contributed by atoms with van der Waals surface area (Å²) < 4.78 is 28.1. The Labute approximate surface area is 108 Å². The minimum atomic E-state index is -3.44. The molecule has 0 heterocycles. The van der Waals surface area contributed by atoms with Crippen LogP contribution in [-0.2, 0) is 19.4 Å². The van der Waals surface area contributed by atoms with Crippen LogP contribution in [0.4, 0.5) is 0 Å². The van der Waals surface area contributed by atoms with Gasteiger partial charge < -0.3 is 9.84 Å². The Morgan fingerprint density at radius 2 is 1.89 bits per heavy atom. The average molecular weight is 278 g/mol. The van der Waals surface area contributed by atoms with Crippen LogP contribution in [0.15, 0.2) is 0 Å². The van der Waals surface area contributed by atoms with Gasteiger partial charge >= 0.3 is 5.97 Å². The molecule has 0 aromatic heterocycles. The first-order valence-electron chi connectivity index (χ1n) is 6.43. The van der Waals surface area contributed by atoms with Gasteiger partial charge in [0, 0.05) is 6.61 Å². The van der Waals surface area contributed by atoms with Crippen molar-refractivity contribution in [1.82, 2.24) is 0 Å². The van der Waals surface area contributed by atoms with E-state index in [-0.39, 0.29) is 24.9 Å². The number of rotatable bonds is 6. The molecule has 0 aromatic rings. The van der Waals surface area contributed by atoms with Crippen molar-refractivity contribution in [2.75, 3.05) is 18.1 Å². The lowest BCUT2D eigenvalue weighted by Crippen LogP contribution is -2.28. The number of hydrogen-bond acceptors (Lipinski definition) is 5. The Morgan fingerprint density at radius 1 is 1.28 bits per heavy atom. The highest BCUT2D eigenvalue weighted by molar-refractivity contribution is 7.92. The van der Waals surface area contributed by atoms with E-state index in [1.807, 2.05) is 0 Å². The van der Waals surface area contributed by atoms with E-state index >= 15 is 0 Å². The number of aliphatic hydroxyl groups excluding tert-OH is 1. The zero-order valence-corrected chi connectivity index (χ0v) is 11.6. The monoisotopic (exact) mass is 278 g/mol. The van der Waals surface area contributed by atoms with Crippen LogP contribution < -0.4 is 0 Å². The Morgan fingerprint density at radius 3 is 2.44 bits per heavy atom. The van der Waals surface area contributed by atoms with E-state index < -0.39 is 21.6 Å². The van der Waals surface area contributed by atoms with Gasteiger partial charge in [-0.15, -0.1) is 0 Å². The molecule has 0 amide bonds. The fourth-order valence-corrected chi connectivity index (χ4v) is 3.24. The summed E-state index contributed by atoms with van der Waals surface area (Å²) in [5.74, 6) is -0.736. The molecule has 0 spiro atoms. The van der Waals surface area contributed by atoms with Gasteiger partial charge in [-0.05, 0) is 38.0 Å². The van der Waals surface area contributed by atoms with Crippen LogP contribution in [0, 0.1) is 5.92 Å². The Bertz CT molecular complexity index is 355. The van der Waals surface area contributed by atoms with Crippen LogP contribution in [0.2, 0.25) is 0 Å². The number of hydrogen-bond donors (Lipinski definition) is 1. The molecule has 1 aliphatic rings. The maximum Gasteiger partial charge on any atom is 0.321 e. The van der Waals surface area contributed by atoms with Crippen molar-refractivity contribution in [1.29, 1.82) is 0 Å². The van der Waals surface area contributed by atoms with E-state index in [4.69, 9.17) is 9.84 Å². The fraction of sp³-hybridized carbons (Fsp3) is 0.917. The topological polar surface area (TPSA) is 80.7 Å². The molecule has 1 saturated carbocycles. The number of carbonyl (C=O) groups excluding carboxylic acids is 1. The van der Waals surface area contributed by atoms with Crippen molar-refractivity contribution in [2.24, 2.45) is 5.92 Å². The van der Waals surface area contributed by atoms with Crippen molar-refractivity contribution >= 4 is 15.8 Å². The summed E-state index contributed by atoms with van der Waals surface area (Å²) in [7, 11) is -3.44. The summed E-state index contributed by atoms with van der Waals surface area (Å²) >= 11 is 0. The van der Waals surface area contributed by atoms with Crippen LogP contribution in [0.1, 0.15) is 39.0 Å². The molecule has 106 valence electrons. The zero-order valence-electron chi connectivity index (χ0n) is 10.8. The molecule has 18 heavy (non-hydrogen) atoms. The second-order valence-corrected chi connectivity index (χ2v) is 7.22. The SMILES string of the molecule is CC1CCC(OC(=O)CS(=O)(=O)CCCO)CC1. The highest BCUT2D eigenvalue weighted by atomic mass is 32.2. The third kappa shape index (κ3) is 5.82. The molecule has 0 radical (unpaired) electrons. The number of sulfone groups is 1.